The van der Waals surface area contributed by atoms with Gasteiger partial charge in [-0.25, -0.2) is 14.4 Å². The Kier molecular flexibility index (Phi) is 36.5. The molecule has 11 unspecified atom stereocenters. The second-order valence-electron chi connectivity index (χ2n) is 38.5. The van der Waals surface area contributed by atoms with Crippen LogP contribution in [0.2, 0.25) is 0 Å². The largest absolute Gasteiger partial charge is 0.459 e. The number of esters is 11. The maximum absolute atomic E-state index is 13.4. The summed E-state index contributed by atoms with van der Waals surface area (Å²) in [6, 6.07) is 7.86. The van der Waals surface area contributed by atoms with Crippen LogP contribution in [0.1, 0.15) is 354 Å². The summed E-state index contributed by atoms with van der Waals surface area (Å²) in [4.78, 5) is 137. The molecular weight excluding hydrogens is 1470 g/mol. The fraction of sp³-hybridized carbons (Fsp3) is 0.817. The van der Waals surface area contributed by atoms with Gasteiger partial charge in [-0.1, -0.05) is 164 Å². The quantitative estimate of drug-likeness (QED) is 0.0346. The van der Waals surface area contributed by atoms with Crippen LogP contribution in [0.5, 0.6) is 0 Å². The van der Waals surface area contributed by atoms with Gasteiger partial charge >= 0.3 is 65.7 Å². The summed E-state index contributed by atoms with van der Waals surface area (Å²) in [5.74, 6) is -3.51. The number of hydrogen-bond donors (Lipinski definition) is 0. The summed E-state index contributed by atoms with van der Waals surface area (Å²) < 4.78 is 61.4. The highest BCUT2D eigenvalue weighted by molar-refractivity contribution is 6.04. The molecule has 1 aromatic carbocycles. The number of carbonyl (C=O) groups is 11. The molecule has 658 valence electrons. The first-order chi connectivity index (χ1) is 52.9. The maximum Gasteiger partial charge on any atom is 0.344 e. The van der Waals surface area contributed by atoms with Gasteiger partial charge in [-0.3, -0.25) is 38.4 Å². The number of hydrogen-bond acceptors (Lipinski definition) is 22. The van der Waals surface area contributed by atoms with Crippen LogP contribution in [0.4, 0.5) is 0 Å². The first kappa shape index (κ1) is 103. The fourth-order valence-electron chi connectivity index (χ4n) is 15.5. The van der Waals surface area contributed by atoms with Crippen molar-refractivity contribution in [2.45, 2.75) is 390 Å². The van der Waals surface area contributed by atoms with Crippen molar-refractivity contribution in [1.82, 2.24) is 0 Å². The zero-order chi connectivity index (χ0) is 88.7. The molecule has 0 spiro atoms. The van der Waals surface area contributed by atoms with Crippen LogP contribution in [-0.2, 0) is 100 Å². The minimum Gasteiger partial charge on any atom is -0.459 e. The van der Waals surface area contributed by atoms with E-state index in [2.05, 4.69) is 41.5 Å². The molecule has 2 heterocycles. The summed E-state index contributed by atoms with van der Waals surface area (Å²) in [7, 11) is 0. The van der Waals surface area contributed by atoms with E-state index in [4.69, 9.17) is 52.1 Å². The van der Waals surface area contributed by atoms with Crippen LogP contribution in [0.25, 0.3) is 0 Å². The Balaban J connectivity index is 0.000000377. The first-order valence-electron chi connectivity index (χ1n) is 43.3. The molecule has 2 saturated heterocycles. The molecule has 0 N–H and O–H groups in total. The van der Waals surface area contributed by atoms with Gasteiger partial charge in [-0.15, -0.1) is 0 Å². The van der Waals surface area contributed by atoms with Gasteiger partial charge in [0.25, 0.3) is 0 Å². The van der Waals surface area contributed by atoms with Gasteiger partial charge in [0.15, 0.2) is 24.0 Å². The molecule has 0 aromatic heterocycles. The van der Waals surface area contributed by atoms with Crippen molar-refractivity contribution in [2.75, 3.05) is 13.2 Å². The van der Waals surface area contributed by atoms with Crippen LogP contribution >= 0.6 is 0 Å². The number of benzene rings is 1. The van der Waals surface area contributed by atoms with Crippen LogP contribution < -0.4 is 0 Å². The fourth-order valence-corrected chi connectivity index (χ4v) is 15.5. The molecule has 1 aromatic rings. The van der Waals surface area contributed by atoms with Crippen LogP contribution in [0.3, 0.4) is 0 Å². The monoisotopic (exact) mass is 1620 g/mol. The van der Waals surface area contributed by atoms with Crippen molar-refractivity contribution < 1.29 is 105 Å². The molecule has 4 aliphatic carbocycles. The molecule has 0 amide bonds. The van der Waals surface area contributed by atoms with E-state index in [0.29, 0.717) is 81.6 Å². The van der Waals surface area contributed by atoms with Crippen molar-refractivity contribution >= 4 is 65.7 Å². The van der Waals surface area contributed by atoms with Gasteiger partial charge in [0.1, 0.15) is 52.4 Å². The highest BCUT2D eigenvalue weighted by Gasteiger charge is 2.77. The maximum atomic E-state index is 13.4. The molecule has 7 rings (SSSR count). The van der Waals surface area contributed by atoms with Crippen molar-refractivity contribution in [1.29, 1.82) is 0 Å². The predicted octanol–water partition coefficient (Wildman–Crippen LogP) is 19.5. The Bertz CT molecular complexity index is 3440. The summed E-state index contributed by atoms with van der Waals surface area (Å²) >= 11 is 0. The highest BCUT2D eigenvalue weighted by atomic mass is 16.6. The van der Waals surface area contributed by atoms with E-state index in [1.807, 2.05) is 190 Å². The zero-order valence-electron chi connectivity index (χ0n) is 77.4. The molecule has 22 heteroatoms. The van der Waals surface area contributed by atoms with E-state index in [1.54, 1.807) is 27.7 Å². The number of carbonyl (C=O) groups excluding carboxylic acids is 11. The van der Waals surface area contributed by atoms with Gasteiger partial charge in [-0.05, 0) is 233 Å². The molecule has 2 aliphatic heterocycles. The van der Waals surface area contributed by atoms with Crippen molar-refractivity contribution in [2.24, 2.45) is 85.8 Å². The molecule has 0 radical (unpaired) electrons. The smallest absolute Gasteiger partial charge is 0.344 e. The molecule has 4 bridgehead atoms. The summed E-state index contributed by atoms with van der Waals surface area (Å²) in [5, 5.41) is 0. The number of ether oxygens (including phenoxy) is 11. The lowest BCUT2D eigenvalue weighted by Crippen LogP contribution is -2.50. The van der Waals surface area contributed by atoms with Gasteiger partial charge in [0.05, 0.1) is 27.2 Å². The topological polar surface area (TPSA) is 289 Å². The highest BCUT2D eigenvalue weighted by Crippen LogP contribution is 2.65. The first-order valence-corrected chi connectivity index (χ1v) is 43.3. The predicted molar refractivity (Wildman–Crippen MR) is 442 cm³/mol. The Labute approximate surface area is 691 Å². The third kappa shape index (κ3) is 23.3. The summed E-state index contributed by atoms with van der Waals surface area (Å²) in [5.41, 5.74) is -5.45. The molecule has 11 atom stereocenters. The molecule has 6 fully saturated rings. The van der Waals surface area contributed by atoms with Gasteiger partial charge in [0, 0.05) is 23.7 Å². The normalized spacial score (nSPS) is 23.1. The van der Waals surface area contributed by atoms with E-state index in [0.717, 1.165) is 32.1 Å². The van der Waals surface area contributed by atoms with Crippen molar-refractivity contribution in [3.8, 4) is 0 Å². The second kappa shape index (κ2) is 40.9. The molecular formula is C93H154O22. The summed E-state index contributed by atoms with van der Waals surface area (Å²) in [6.07, 6.45) is 8.34. The van der Waals surface area contributed by atoms with Crippen LogP contribution in [0, 0.1) is 85.8 Å². The molecule has 115 heavy (non-hydrogen) atoms. The molecule has 4 saturated carbocycles. The Hall–Kier alpha value is -6.61. The summed E-state index contributed by atoms with van der Waals surface area (Å²) in [6.45, 7) is 65.9. The molecule has 6 aliphatic rings. The Morgan fingerprint density at radius 1 is 0.391 bits per heavy atom. The minimum absolute atomic E-state index is 0.0437. The van der Waals surface area contributed by atoms with E-state index >= 15 is 0 Å². The minimum atomic E-state index is -1.23. The SMILES string of the molecule is CCC(C)(C)C(=O)OC1C2CC3C1OC(=O)C3(C(=O)OC(C)(C)C(C)C)C2.CCC(C)(C)C(=O)OC1C2CC3C1OC(=O)C3(C(=O)OC(CC)(CC)C(C)C)C2.CCC(C)(C)C(=O)OCC(=O)OC(C)(C)C(C)C.CCC(C)(C)C(=O)OCC(=O)OC(CC)(CC)C(C)C.CCC(C)c1ccc(C(=O)OC(CC)(CC)C(C)C)cc1. The van der Waals surface area contributed by atoms with Crippen LogP contribution in [0.15, 0.2) is 24.3 Å². The van der Waals surface area contributed by atoms with Crippen molar-refractivity contribution in [3.05, 3.63) is 35.4 Å². The second-order valence-corrected chi connectivity index (χ2v) is 38.5. The van der Waals surface area contributed by atoms with E-state index in [-0.39, 0.29) is 96.0 Å². The third-order valence-corrected chi connectivity index (χ3v) is 28.2. The lowest BCUT2D eigenvalue weighted by Gasteiger charge is -2.39. The van der Waals surface area contributed by atoms with E-state index in [1.165, 1.54) is 5.56 Å². The standard InChI is InChI=1S/C23H36O6.C21H32O6.C19H30O2.C16H30O4.C14H26O4/c1-8-21(6,7)18(24)27-16-14-11-15-17(16)28-19(25)23(15,12-14)20(26)29-22(9-2,10-3)13(4)5;1-8-19(4,5)16(22)25-14-12-9-13-15(14)26-17(23)21(13,10-12)18(24)27-20(6,7)11(2)3;1-7-15(6)16-10-12-17(13-11-16)18(20)21-19(8-2,9-3)14(4)5;1-8-15(6,7)14(18)19-11-13(17)20-16(9-2,10-3)12(4)5;1-8-13(4,5)12(16)17-9-11(15)18-14(6,7)10(2)3/h13-17H,8-12H2,1-7H3;11-15H,8-10H2,1-7H3;10-15H,7-9H2,1-6H3;12H,8-11H2,1-7H3;10H,8-9H2,1-7H3. The molecule has 22 nitrogen and oxygen atoms in total. The average Bonchev–Trinajstić information content (AvgIpc) is 1.53. The van der Waals surface area contributed by atoms with Gasteiger partial charge < -0.3 is 52.1 Å². The third-order valence-electron chi connectivity index (χ3n) is 28.2. The van der Waals surface area contributed by atoms with Crippen LogP contribution in [-0.4, -0.2) is 131 Å². The zero-order valence-corrected chi connectivity index (χ0v) is 77.4. The Morgan fingerprint density at radius 2 is 0.696 bits per heavy atom. The van der Waals surface area contributed by atoms with Crippen molar-refractivity contribution in [3.63, 3.8) is 0 Å². The average molecular weight is 1620 g/mol. The van der Waals surface area contributed by atoms with E-state index in [9.17, 15) is 52.7 Å². The lowest BCUT2D eigenvalue weighted by molar-refractivity contribution is -0.184. The Morgan fingerprint density at radius 3 is 1.01 bits per heavy atom. The van der Waals surface area contributed by atoms with Gasteiger partial charge in [-0.2, -0.15) is 0 Å². The number of rotatable bonds is 35. The van der Waals surface area contributed by atoms with E-state index < -0.39 is 115 Å². The van der Waals surface area contributed by atoms with Gasteiger partial charge in [0.2, 0.25) is 0 Å². The lowest BCUT2D eigenvalue weighted by atomic mass is 9.73. The number of fused-ring (bicyclic) bond motifs is 2.